The molecule has 3 heterocycles. The molecule has 1 amide bonds. The van der Waals surface area contributed by atoms with Crippen LogP contribution in [0.4, 0.5) is 5.82 Å². The number of nitrogens with one attached hydrogen (secondary N) is 1. The maximum Gasteiger partial charge on any atom is 0.336 e. The van der Waals surface area contributed by atoms with E-state index < -0.39 is 5.97 Å². The van der Waals surface area contributed by atoms with Crippen molar-refractivity contribution < 1.29 is 14.7 Å². The van der Waals surface area contributed by atoms with Crippen molar-refractivity contribution >= 4 is 29.3 Å². The van der Waals surface area contributed by atoms with E-state index in [9.17, 15) is 14.7 Å². The van der Waals surface area contributed by atoms with Crippen LogP contribution in [0.5, 0.6) is 0 Å². The lowest BCUT2D eigenvalue weighted by Gasteiger charge is -2.50. The Hall–Kier alpha value is -2.75. The van der Waals surface area contributed by atoms with Gasteiger partial charge < -0.3 is 15.3 Å². The Morgan fingerprint density at radius 1 is 1.11 bits per heavy atom. The number of piperidine rings is 1. The summed E-state index contributed by atoms with van der Waals surface area (Å²) in [5.74, 6) is -0.206. The number of carbonyl (C=O) groups excluding carboxylic acids is 1. The number of piperazine rings is 1. The number of amides is 1. The fourth-order valence-electron chi connectivity index (χ4n) is 6.60. The van der Waals surface area contributed by atoms with E-state index in [1.807, 2.05) is 19.9 Å². The van der Waals surface area contributed by atoms with E-state index in [1.165, 1.54) is 12.8 Å². The number of carboxylic acids is 1. The number of carboxylic acid groups (broad SMARTS) is 1. The number of benzene rings is 1. The quantitative estimate of drug-likeness (QED) is 0.549. The number of nitrogens with zero attached hydrogens (tertiary/aromatic N) is 5. The third kappa shape index (κ3) is 5.51. The van der Waals surface area contributed by atoms with E-state index in [2.05, 4.69) is 25.0 Å². The molecule has 0 bridgehead atoms. The number of aryl methyl sites for hydroxylation is 1. The van der Waals surface area contributed by atoms with Crippen molar-refractivity contribution in [1.29, 1.82) is 0 Å². The van der Waals surface area contributed by atoms with Crippen LogP contribution in [-0.4, -0.2) is 87.6 Å². The molecule has 1 saturated carbocycles. The van der Waals surface area contributed by atoms with Crippen LogP contribution in [0.15, 0.2) is 24.4 Å². The number of halogens is 1. The SMILES string of the molecule is CCNC(=O)c1cnc(N2CCN(C3CCN(Cc4ccc(Cl)cc4C(=O)O)CC3)[C@H]3CCC[C@H]32)c(C)n1. The van der Waals surface area contributed by atoms with Gasteiger partial charge in [0, 0.05) is 49.3 Å². The summed E-state index contributed by atoms with van der Waals surface area (Å²) < 4.78 is 0. The monoisotopic (exact) mass is 540 g/mol. The highest BCUT2D eigenvalue weighted by molar-refractivity contribution is 6.31. The lowest BCUT2D eigenvalue weighted by atomic mass is 9.95. The predicted octanol–water partition coefficient (Wildman–Crippen LogP) is 3.59. The van der Waals surface area contributed by atoms with Crippen LogP contribution in [0, 0.1) is 6.92 Å². The summed E-state index contributed by atoms with van der Waals surface area (Å²) in [5, 5.41) is 12.8. The number of likely N-dealkylation sites (tertiary alicyclic amines) is 1. The molecule has 10 heteroatoms. The largest absolute Gasteiger partial charge is 0.478 e. The third-order valence-electron chi connectivity index (χ3n) is 8.35. The second kappa shape index (κ2) is 11.6. The number of rotatable bonds is 7. The molecule has 2 aliphatic heterocycles. The summed E-state index contributed by atoms with van der Waals surface area (Å²) in [5.41, 5.74) is 2.29. The van der Waals surface area contributed by atoms with Gasteiger partial charge >= 0.3 is 5.97 Å². The zero-order valence-corrected chi connectivity index (χ0v) is 23.0. The van der Waals surface area contributed by atoms with Crippen LogP contribution in [-0.2, 0) is 6.54 Å². The Balaban J connectivity index is 1.22. The molecule has 2 N–H and O–H groups in total. The number of hydrogen-bond donors (Lipinski definition) is 2. The molecule has 3 fully saturated rings. The first-order valence-corrected chi connectivity index (χ1v) is 14.1. The lowest BCUT2D eigenvalue weighted by molar-refractivity contribution is 0.0531. The van der Waals surface area contributed by atoms with E-state index in [0.29, 0.717) is 47.5 Å². The van der Waals surface area contributed by atoms with Crippen molar-refractivity contribution in [1.82, 2.24) is 25.1 Å². The van der Waals surface area contributed by atoms with Gasteiger partial charge in [-0.05, 0) is 76.7 Å². The average molecular weight is 541 g/mol. The van der Waals surface area contributed by atoms with Gasteiger partial charge in [0.05, 0.1) is 17.5 Å². The Labute approximate surface area is 229 Å². The van der Waals surface area contributed by atoms with Crippen molar-refractivity contribution in [3.63, 3.8) is 0 Å². The van der Waals surface area contributed by atoms with Crippen LogP contribution in [0.3, 0.4) is 0 Å². The van der Waals surface area contributed by atoms with E-state index in [-0.39, 0.29) is 5.91 Å². The minimum atomic E-state index is -0.929. The van der Waals surface area contributed by atoms with Crippen LogP contribution >= 0.6 is 11.6 Å². The van der Waals surface area contributed by atoms with Crippen molar-refractivity contribution in [2.45, 2.75) is 70.6 Å². The van der Waals surface area contributed by atoms with Crippen LogP contribution in [0.1, 0.15) is 71.1 Å². The van der Waals surface area contributed by atoms with Gasteiger partial charge in [-0.15, -0.1) is 0 Å². The highest BCUT2D eigenvalue weighted by atomic mass is 35.5. The van der Waals surface area contributed by atoms with Crippen LogP contribution in [0.2, 0.25) is 5.02 Å². The predicted molar refractivity (Wildman–Crippen MR) is 147 cm³/mol. The molecular weight excluding hydrogens is 504 g/mol. The van der Waals surface area contributed by atoms with E-state index >= 15 is 0 Å². The van der Waals surface area contributed by atoms with Crippen LogP contribution in [0.25, 0.3) is 0 Å². The minimum absolute atomic E-state index is 0.181. The average Bonchev–Trinajstić information content (AvgIpc) is 3.40. The molecule has 5 rings (SSSR count). The standard InChI is InChI=1S/C28H37ClN6O3/c1-3-30-27(36)23-16-31-26(18(2)32-23)35-14-13-34(24-5-4-6-25(24)35)21-9-11-33(12-10-21)17-19-7-8-20(29)15-22(19)28(37)38/h7-8,15-16,21,24-25H,3-6,9-14,17H2,1-2H3,(H,30,36)(H,37,38)/t24-,25+/m0/s1. The van der Waals surface area contributed by atoms with Gasteiger partial charge in [0.25, 0.3) is 5.91 Å². The molecule has 9 nitrogen and oxygen atoms in total. The number of hydrogen-bond acceptors (Lipinski definition) is 7. The normalized spacial score (nSPS) is 22.9. The van der Waals surface area contributed by atoms with Gasteiger partial charge in [-0.1, -0.05) is 17.7 Å². The molecule has 204 valence electrons. The summed E-state index contributed by atoms with van der Waals surface area (Å²) >= 11 is 6.03. The Morgan fingerprint density at radius 3 is 2.58 bits per heavy atom. The molecule has 2 aromatic rings. The fraction of sp³-hybridized carbons (Fsp3) is 0.571. The topological polar surface area (TPSA) is 102 Å². The lowest BCUT2D eigenvalue weighted by Crippen LogP contribution is -2.61. The van der Waals surface area contributed by atoms with Crippen molar-refractivity contribution in [3.05, 3.63) is 51.9 Å². The van der Waals surface area contributed by atoms with Crippen LogP contribution < -0.4 is 10.2 Å². The zero-order chi connectivity index (χ0) is 26.8. The maximum atomic E-state index is 12.2. The van der Waals surface area contributed by atoms with Crippen molar-refractivity contribution in [2.24, 2.45) is 0 Å². The van der Waals surface area contributed by atoms with Gasteiger partial charge in [0.2, 0.25) is 0 Å². The van der Waals surface area contributed by atoms with Crippen molar-refractivity contribution in [3.8, 4) is 0 Å². The van der Waals surface area contributed by atoms with Gasteiger partial charge in [0.1, 0.15) is 11.5 Å². The Kier molecular flexibility index (Phi) is 8.16. The van der Waals surface area contributed by atoms with Gasteiger partial charge in [-0.2, -0.15) is 0 Å². The highest BCUT2D eigenvalue weighted by Crippen LogP contribution is 2.37. The van der Waals surface area contributed by atoms with E-state index in [1.54, 1.807) is 18.3 Å². The Morgan fingerprint density at radius 2 is 1.87 bits per heavy atom. The summed E-state index contributed by atoms with van der Waals surface area (Å²) in [6.45, 7) is 8.85. The first-order valence-electron chi connectivity index (χ1n) is 13.7. The smallest absolute Gasteiger partial charge is 0.336 e. The number of aromatic carboxylic acids is 1. The zero-order valence-electron chi connectivity index (χ0n) is 22.2. The molecule has 1 aliphatic carbocycles. The molecule has 1 aromatic carbocycles. The fourth-order valence-corrected chi connectivity index (χ4v) is 6.77. The number of carbonyl (C=O) groups is 2. The molecule has 0 unspecified atom stereocenters. The molecule has 38 heavy (non-hydrogen) atoms. The second-order valence-electron chi connectivity index (χ2n) is 10.6. The molecule has 3 aliphatic rings. The van der Waals surface area contributed by atoms with Gasteiger partial charge in [0.15, 0.2) is 0 Å². The molecular formula is C28H37ClN6O3. The molecule has 2 atom stereocenters. The number of fused-ring (bicyclic) bond motifs is 1. The van der Waals surface area contributed by atoms with Crippen molar-refractivity contribution in [2.75, 3.05) is 37.6 Å². The number of anilines is 1. The van der Waals surface area contributed by atoms with E-state index in [0.717, 1.165) is 62.5 Å². The Bertz CT molecular complexity index is 1190. The number of aromatic nitrogens is 2. The molecule has 0 radical (unpaired) electrons. The summed E-state index contributed by atoms with van der Waals surface area (Å²) in [4.78, 5) is 40.7. The highest BCUT2D eigenvalue weighted by Gasteiger charge is 2.43. The molecule has 0 spiro atoms. The van der Waals surface area contributed by atoms with Gasteiger partial charge in [-0.3, -0.25) is 14.6 Å². The second-order valence-corrected chi connectivity index (χ2v) is 11.1. The first-order chi connectivity index (χ1) is 18.4. The summed E-state index contributed by atoms with van der Waals surface area (Å²) in [7, 11) is 0. The summed E-state index contributed by atoms with van der Waals surface area (Å²) in [6, 6.07) is 6.61. The molecule has 1 aromatic heterocycles. The molecule has 2 saturated heterocycles. The van der Waals surface area contributed by atoms with Gasteiger partial charge in [-0.25, -0.2) is 14.8 Å². The minimum Gasteiger partial charge on any atom is -0.478 e. The van der Waals surface area contributed by atoms with E-state index in [4.69, 9.17) is 16.6 Å². The maximum absolute atomic E-state index is 12.2. The summed E-state index contributed by atoms with van der Waals surface area (Å²) in [6.07, 6.45) is 7.32. The third-order valence-corrected chi connectivity index (χ3v) is 8.59. The first kappa shape index (κ1) is 26.8.